The molecule has 0 aromatic heterocycles. The number of benzene rings is 1. The fourth-order valence-electron chi connectivity index (χ4n) is 1.37. The fourth-order valence-corrected chi connectivity index (χ4v) is 1.56. The first-order chi connectivity index (χ1) is 7.97. The Morgan fingerprint density at radius 1 is 1.24 bits per heavy atom. The highest BCUT2D eigenvalue weighted by Gasteiger charge is 2.29. The maximum atomic E-state index is 12.3. The Kier molecular flexibility index (Phi) is 5.02. The second-order valence-corrected chi connectivity index (χ2v) is 3.88. The molecule has 0 saturated heterocycles. The minimum atomic E-state index is -4.28. The van der Waals surface area contributed by atoms with Gasteiger partial charge in [0.25, 0.3) is 0 Å². The van der Waals surface area contributed by atoms with Crippen molar-refractivity contribution in [3.63, 3.8) is 0 Å². The predicted molar refractivity (Wildman–Crippen MR) is 62.8 cm³/mol. The van der Waals surface area contributed by atoms with Crippen LogP contribution in [-0.2, 0) is 12.6 Å². The van der Waals surface area contributed by atoms with E-state index in [1.807, 2.05) is 0 Å². The van der Waals surface area contributed by atoms with Gasteiger partial charge in [0, 0.05) is 12.1 Å². The molecule has 1 aromatic rings. The number of nitrogens with two attached hydrogens (primary N) is 1. The van der Waals surface area contributed by atoms with Gasteiger partial charge in [0.2, 0.25) is 0 Å². The minimum Gasteiger partial charge on any atom is -0.327 e. The number of hydrogen-bond acceptors (Lipinski definition) is 1. The Labute approximate surface area is 103 Å². The van der Waals surface area contributed by atoms with Crippen LogP contribution in [0.4, 0.5) is 13.2 Å². The van der Waals surface area contributed by atoms with Gasteiger partial charge < -0.3 is 5.73 Å². The number of halogens is 4. The molecule has 1 aromatic carbocycles. The Bertz CT molecular complexity index is 382. The molecule has 0 saturated carbocycles. The average molecular weight is 264 g/mol. The van der Waals surface area contributed by atoms with E-state index in [-0.39, 0.29) is 0 Å². The number of aryl methyl sites for hydroxylation is 1. The first kappa shape index (κ1) is 14.1. The average Bonchev–Trinajstić information content (AvgIpc) is 2.30. The second-order valence-electron chi connectivity index (χ2n) is 3.67. The highest BCUT2D eigenvalue weighted by molar-refractivity contribution is 6.25. The van der Waals surface area contributed by atoms with Crippen LogP contribution in [0, 0.1) is 0 Å². The van der Waals surface area contributed by atoms with E-state index in [1.54, 1.807) is 0 Å². The maximum absolute atomic E-state index is 12.3. The lowest BCUT2D eigenvalue weighted by Crippen LogP contribution is -2.05. The smallest absolute Gasteiger partial charge is 0.327 e. The third-order valence-corrected chi connectivity index (χ3v) is 2.74. The predicted octanol–water partition coefficient (Wildman–Crippen LogP) is 3.72. The zero-order valence-electron chi connectivity index (χ0n) is 9.10. The molecule has 5 heteroatoms. The van der Waals surface area contributed by atoms with Crippen LogP contribution in [0.5, 0.6) is 0 Å². The first-order valence-electron chi connectivity index (χ1n) is 5.11. The van der Waals surface area contributed by atoms with Crippen LogP contribution < -0.4 is 5.73 Å². The van der Waals surface area contributed by atoms with Gasteiger partial charge in [-0.05, 0) is 36.1 Å². The zero-order valence-corrected chi connectivity index (χ0v) is 9.85. The molecule has 1 nitrogen and oxygen atoms in total. The van der Waals surface area contributed by atoms with Gasteiger partial charge in [0.15, 0.2) is 0 Å². The van der Waals surface area contributed by atoms with E-state index in [0.29, 0.717) is 19.4 Å². The highest BCUT2D eigenvalue weighted by atomic mass is 35.5. The second kappa shape index (κ2) is 6.07. The summed E-state index contributed by atoms with van der Waals surface area (Å²) in [6, 6.07) is 5.13. The lowest BCUT2D eigenvalue weighted by Gasteiger charge is -2.08. The molecular weight excluding hydrogens is 251 g/mol. The van der Waals surface area contributed by atoms with Crippen molar-refractivity contribution in [1.29, 1.82) is 0 Å². The normalized spacial score (nSPS) is 12.9. The Hall–Kier alpha value is -1.00. The van der Waals surface area contributed by atoms with Crippen molar-refractivity contribution in [1.82, 2.24) is 0 Å². The van der Waals surface area contributed by atoms with Crippen LogP contribution in [0.2, 0.25) is 0 Å². The molecule has 1 rings (SSSR count). The number of alkyl halides is 3. The third kappa shape index (κ3) is 4.40. The highest BCUT2D eigenvalue weighted by Crippen LogP contribution is 2.29. The van der Waals surface area contributed by atoms with Crippen molar-refractivity contribution in [2.24, 2.45) is 5.73 Å². The quantitative estimate of drug-likeness (QED) is 0.880. The van der Waals surface area contributed by atoms with Crippen molar-refractivity contribution in [3.05, 3.63) is 46.5 Å². The largest absolute Gasteiger partial charge is 0.416 e. The van der Waals surface area contributed by atoms with Crippen LogP contribution >= 0.6 is 11.6 Å². The van der Waals surface area contributed by atoms with Gasteiger partial charge in [-0.1, -0.05) is 23.7 Å². The summed E-state index contributed by atoms with van der Waals surface area (Å²) in [6.45, 7) is 0.365. The monoisotopic (exact) mass is 263 g/mol. The third-order valence-electron chi connectivity index (χ3n) is 2.43. The lowest BCUT2D eigenvalue weighted by atomic mass is 10.0. The van der Waals surface area contributed by atoms with Gasteiger partial charge in [-0.15, -0.1) is 0 Å². The van der Waals surface area contributed by atoms with Gasteiger partial charge in [-0.2, -0.15) is 13.2 Å². The first-order valence-corrected chi connectivity index (χ1v) is 5.55. The lowest BCUT2D eigenvalue weighted by molar-refractivity contribution is -0.137. The fraction of sp³-hybridized carbons (Fsp3) is 0.333. The topological polar surface area (TPSA) is 26.0 Å². The molecule has 0 radical (unpaired) electrons. The van der Waals surface area contributed by atoms with Crippen molar-refractivity contribution in [3.8, 4) is 0 Å². The molecule has 0 atom stereocenters. The van der Waals surface area contributed by atoms with E-state index in [0.717, 1.165) is 23.3 Å². The van der Waals surface area contributed by atoms with Crippen LogP contribution in [0.25, 0.3) is 0 Å². The molecular formula is C12H13ClF3N. The zero-order chi connectivity index (χ0) is 12.9. The molecule has 0 amide bonds. The van der Waals surface area contributed by atoms with Gasteiger partial charge >= 0.3 is 6.18 Å². The standard InChI is InChI=1S/C12H13ClF3N/c13-7-10(8-17)2-1-9-3-5-11(6-4-9)12(14,15)16/h3-7H,1-2,8,17H2/b10-7+. The van der Waals surface area contributed by atoms with Gasteiger partial charge in [0.1, 0.15) is 0 Å². The van der Waals surface area contributed by atoms with Crippen LogP contribution in [0.3, 0.4) is 0 Å². The molecule has 0 spiro atoms. The molecule has 0 bridgehead atoms. The van der Waals surface area contributed by atoms with E-state index in [9.17, 15) is 13.2 Å². The van der Waals surface area contributed by atoms with Gasteiger partial charge in [0.05, 0.1) is 5.56 Å². The summed E-state index contributed by atoms with van der Waals surface area (Å²) in [4.78, 5) is 0. The summed E-state index contributed by atoms with van der Waals surface area (Å²) in [5, 5.41) is 0. The molecule has 0 aliphatic heterocycles. The van der Waals surface area contributed by atoms with Gasteiger partial charge in [-0.3, -0.25) is 0 Å². The summed E-state index contributed by atoms with van der Waals surface area (Å²) in [5.41, 5.74) is 7.93. The van der Waals surface area contributed by atoms with E-state index in [2.05, 4.69) is 0 Å². The van der Waals surface area contributed by atoms with Crippen molar-refractivity contribution < 1.29 is 13.2 Å². The summed E-state index contributed by atoms with van der Waals surface area (Å²) < 4.78 is 36.9. The maximum Gasteiger partial charge on any atom is 0.416 e. The molecule has 94 valence electrons. The summed E-state index contributed by atoms with van der Waals surface area (Å²) in [6.07, 6.45) is -2.99. The van der Waals surface area contributed by atoms with Crippen LogP contribution in [0.15, 0.2) is 35.4 Å². The molecule has 0 unspecified atom stereocenters. The summed E-state index contributed by atoms with van der Waals surface area (Å²) in [5.74, 6) is 0. The van der Waals surface area contributed by atoms with E-state index in [4.69, 9.17) is 17.3 Å². The van der Waals surface area contributed by atoms with Crippen LogP contribution in [-0.4, -0.2) is 6.54 Å². The molecule has 0 fully saturated rings. The Morgan fingerprint density at radius 2 is 1.82 bits per heavy atom. The summed E-state index contributed by atoms with van der Waals surface area (Å²) >= 11 is 5.53. The summed E-state index contributed by atoms with van der Waals surface area (Å²) in [7, 11) is 0. The Balaban J connectivity index is 2.63. The van der Waals surface area contributed by atoms with Gasteiger partial charge in [-0.25, -0.2) is 0 Å². The van der Waals surface area contributed by atoms with Crippen molar-refractivity contribution >= 4 is 11.6 Å². The van der Waals surface area contributed by atoms with E-state index in [1.165, 1.54) is 17.7 Å². The van der Waals surface area contributed by atoms with E-state index < -0.39 is 11.7 Å². The number of hydrogen-bond donors (Lipinski definition) is 1. The minimum absolute atomic E-state index is 0.365. The van der Waals surface area contributed by atoms with Crippen molar-refractivity contribution in [2.75, 3.05) is 6.54 Å². The molecule has 0 aliphatic carbocycles. The van der Waals surface area contributed by atoms with Crippen molar-refractivity contribution in [2.45, 2.75) is 19.0 Å². The number of rotatable bonds is 4. The SMILES string of the molecule is NC/C(=C/Cl)CCc1ccc(C(F)(F)F)cc1. The molecule has 0 aliphatic rings. The van der Waals surface area contributed by atoms with E-state index >= 15 is 0 Å². The molecule has 17 heavy (non-hydrogen) atoms. The Morgan fingerprint density at radius 3 is 2.24 bits per heavy atom. The molecule has 0 heterocycles. The van der Waals surface area contributed by atoms with Crippen LogP contribution in [0.1, 0.15) is 17.5 Å². The molecule has 2 N–H and O–H groups in total.